The van der Waals surface area contributed by atoms with Crippen LogP contribution in [0.5, 0.6) is 5.75 Å². The minimum absolute atomic E-state index is 0.0901. The summed E-state index contributed by atoms with van der Waals surface area (Å²) >= 11 is 0. The predicted molar refractivity (Wildman–Crippen MR) is 81.2 cm³/mol. The fourth-order valence-corrected chi connectivity index (χ4v) is 2.36. The molecule has 2 aromatic heterocycles. The number of hydrogen-bond acceptors (Lipinski definition) is 4. The van der Waals surface area contributed by atoms with Crippen molar-refractivity contribution in [1.82, 2.24) is 19.9 Å². The van der Waals surface area contributed by atoms with E-state index >= 15 is 0 Å². The third-order valence-electron chi connectivity index (χ3n) is 3.52. The molecule has 0 unspecified atom stereocenters. The van der Waals surface area contributed by atoms with Crippen LogP contribution in [0.4, 0.5) is 0 Å². The minimum atomic E-state index is 0.0901. The van der Waals surface area contributed by atoms with Crippen molar-refractivity contribution < 1.29 is 4.74 Å². The number of para-hydroxylation sites is 1. The van der Waals surface area contributed by atoms with Gasteiger partial charge in [-0.05, 0) is 25.1 Å². The van der Waals surface area contributed by atoms with Gasteiger partial charge in [0.1, 0.15) is 5.75 Å². The van der Waals surface area contributed by atoms with Gasteiger partial charge in [-0.25, -0.2) is 0 Å². The highest BCUT2D eigenvalue weighted by atomic mass is 16.5. The fourth-order valence-electron chi connectivity index (χ4n) is 2.36. The summed E-state index contributed by atoms with van der Waals surface area (Å²) in [5.41, 5.74) is 1.99. The van der Waals surface area contributed by atoms with Crippen LogP contribution >= 0.6 is 0 Å². The molecule has 2 heterocycles. The molecule has 0 amide bonds. The van der Waals surface area contributed by atoms with Gasteiger partial charge < -0.3 is 10.1 Å². The van der Waals surface area contributed by atoms with E-state index in [4.69, 9.17) is 4.74 Å². The van der Waals surface area contributed by atoms with E-state index in [-0.39, 0.29) is 6.04 Å². The highest BCUT2D eigenvalue weighted by molar-refractivity contribution is 5.37. The summed E-state index contributed by atoms with van der Waals surface area (Å²) in [6, 6.07) is 14.0. The molecular formula is C16H18N4O. The lowest BCUT2D eigenvalue weighted by molar-refractivity contribution is 0.405. The molecule has 0 aliphatic rings. The van der Waals surface area contributed by atoms with Crippen LogP contribution in [0.1, 0.15) is 24.4 Å². The van der Waals surface area contributed by atoms with Crippen LogP contribution in [-0.2, 0) is 6.54 Å². The number of benzene rings is 1. The smallest absolute Gasteiger partial charge is 0.160 e. The molecule has 3 aromatic rings. The molecule has 1 aromatic carbocycles. The maximum atomic E-state index is 5.37. The van der Waals surface area contributed by atoms with Crippen LogP contribution in [0.15, 0.2) is 48.7 Å². The van der Waals surface area contributed by atoms with Gasteiger partial charge in [-0.2, -0.15) is 0 Å². The van der Waals surface area contributed by atoms with E-state index < -0.39 is 0 Å². The van der Waals surface area contributed by atoms with E-state index in [1.165, 1.54) is 0 Å². The van der Waals surface area contributed by atoms with Crippen LogP contribution in [0.3, 0.4) is 0 Å². The van der Waals surface area contributed by atoms with E-state index in [1.807, 2.05) is 47.0 Å². The van der Waals surface area contributed by atoms with E-state index in [0.29, 0.717) is 6.54 Å². The van der Waals surface area contributed by atoms with Crippen molar-refractivity contribution in [2.45, 2.75) is 19.5 Å². The molecule has 0 saturated carbocycles. The molecule has 5 heteroatoms. The van der Waals surface area contributed by atoms with Crippen molar-refractivity contribution in [3.63, 3.8) is 0 Å². The number of ether oxygens (including phenoxy) is 1. The summed E-state index contributed by atoms with van der Waals surface area (Å²) in [6.07, 6.45) is 1.98. The number of aromatic nitrogens is 3. The van der Waals surface area contributed by atoms with E-state index in [1.54, 1.807) is 7.11 Å². The number of hydrogen-bond donors (Lipinski definition) is 1. The van der Waals surface area contributed by atoms with Crippen LogP contribution in [0.2, 0.25) is 0 Å². The van der Waals surface area contributed by atoms with E-state index in [9.17, 15) is 0 Å². The first-order valence-electron chi connectivity index (χ1n) is 6.94. The monoisotopic (exact) mass is 282 g/mol. The molecule has 0 aliphatic carbocycles. The summed E-state index contributed by atoms with van der Waals surface area (Å²) in [5.74, 6) is 1.80. The Kier molecular flexibility index (Phi) is 3.83. The molecular weight excluding hydrogens is 264 g/mol. The number of pyridine rings is 1. The average molecular weight is 282 g/mol. The second-order valence-corrected chi connectivity index (χ2v) is 4.90. The van der Waals surface area contributed by atoms with Crippen molar-refractivity contribution in [2.24, 2.45) is 0 Å². The second-order valence-electron chi connectivity index (χ2n) is 4.90. The SMILES string of the molecule is COc1ccccc1CN[C@H](C)c1nnc2ccccn12. The standard InChI is InChI=1S/C16H18N4O/c1-12(16-19-18-15-9-5-6-10-20(15)16)17-11-13-7-3-4-8-14(13)21-2/h3-10,12,17H,11H2,1-2H3/t12-/m1/s1. The van der Waals surface area contributed by atoms with Gasteiger partial charge in [-0.15, -0.1) is 10.2 Å². The second kappa shape index (κ2) is 5.93. The number of methoxy groups -OCH3 is 1. The highest BCUT2D eigenvalue weighted by Gasteiger charge is 2.13. The number of rotatable bonds is 5. The lowest BCUT2D eigenvalue weighted by atomic mass is 10.2. The largest absolute Gasteiger partial charge is 0.496 e. The summed E-state index contributed by atoms with van der Waals surface area (Å²) in [7, 11) is 1.69. The quantitative estimate of drug-likeness (QED) is 0.781. The Labute approximate surface area is 123 Å². The zero-order valence-electron chi connectivity index (χ0n) is 12.2. The zero-order valence-corrected chi connectivity index (χ0v) is 12.2. The predicted octanol–water partition coefficient (Wildman–Crippen LogP) is 2.59. The molecule has 0 saturated heterocycles. The number of nitrogens with one attached hydrogen (secondary N) is 1. The summed E-state index contributed by atoms with van der Waals surface area (Å²) in [5, 5.41) is 11.9. The van der Waals surface area contributed by atoms with Gasteiger partial charge in [0.05, 0.1) is 13.2 Å². The Morgan fingerprint density at radius 1 is 1.14 bits per heavy atom. The molecule has 21 heavy (non-hydrogen) atoms. The van der Waals surface area contributed by atoms with E-state index in [2.05, 4.69) is 28.5 Å². The van der Waals surface area contributed by atoms with Gasteiger partial charge in [0.2, 0.25) is 0 Å². The van der Waals surface area contributed by atoms with Gasteiger partial charge in [0.15, 0.2) is 11.5 Å². The first-order valence-corrected chi connectivity index (χ1v) is 6.94. The Balaban J connectivity index is 1.76. The molecule has 0 spiro atoms. The maximum Gasteiger partial charge on any atom is 0.160 e. The number of nitrogens with zero attached hydrogens (tertiary/aromatic N) is 3. The molecule has 1 N–H and O–H groups in total. The highest BCUT2D eigenvalue weighted by Crippen LogP contribution is 2.19. The molecule has 1 atom stereocenters. The molecule has 108 valence electrons. The van der Waals surface area contributed by atoms with Crippen LogP contribution in [0.25, 0.3) is 5.65 Å². The molecule has 0 bridgehead atoms. The fraction of sp³-hybridized carbons (Fsp3) is 0.250. The number of fused-ring (bicyclic) bond motifs is 1. The first kappa shape index (κ1) is 13.6. The third kappa shape index (κ3) is 2.73. The Hall–Kier alpha value is -2.40. The van der Waals surface area contributed by atoms with Gasteiger partial charge in [0, 0.05) is 18.3 Å². The van der Waals surface area contributed by atoms with Crippen molar-refractivity contribution in [3.8, 4) is 5.75 Å². The maximum absolute atomic E-state index is 5.37. The van der Waals surface area contributed by atoms with Crippen LogP contribution in [0, 0.1) is 0 Å². The first-order chi connectivity index (χ1) is 10.3. The Bertz CT molecular complexity index is 738. The van der Waals surface area contributed by atoms with Gasteiger partial charge in [-0.1, -0.05) is 24.3 Å². The Morgan fingerprint density at radius 2 is 1.95 bits per heavy atom. The summed E-state index contributed by atoms with van der Waals surface area (Å²) in [4.78, 5) is 0. The topological polar surface area (TPSA) is 51.5 Å². The van der Waals surface area contributed by atoms with Crippen LogP contribution in [-0.4, -0.2) is 21.7 Å². The van der Waals surface area contributed by atoms with Gasteiger partial charge >= 0.3 is 0 Å². The lowest BCUT2D eigenvalue weighted by Gasteiger charge is -2.14. The van der Waals surface area contributed by atoms with E-state index in [0.717, 1.165) is 22.8 Å². The van der Waals surface area contributed by atoms with Gasteiger partial charge in [0.25, 0.3) is 0 Å². The third-order valence-corrected chi connectivity index (χ3v) is 3.52. The van der Waals surface area contributed by atoms with Gasteiger partial charge in [-0.3, -0.25) is 4.40 Å². The molecule has 0 fully saturated rings. The summed E-state index contributed by atoms with van der Waals surface area (Å²) in [6.45, 7) is 2.80. The van der Waals surface area contributed by atoms with Crippen molar-refractivity contribution in [1.29, 1.82) is 0 Å². The molecule has 5 nitrogen and oxygen atoms in total. The lowest BCUT2D eigenvalue weighted by Crippen LogP contribution is -2.20. The normalized spacial score (nSPS) is 12.5. The van der Waals surface area contributed by atoms with Crippen molar-refractivity contribution in [3.05, 3.63) is 60.0 Å². The average Bonchev–Trinajstić information content (AvgIpc) is 2.97. The molecule has 3 rings (SSSR count). The Morgan fingerprint density at radius 3 is 2.81 bits per heavy atom. The minimum Gasteiger partial charge on any atom is -0.496 e. The van der Waals surface area contributed by atoms with Crippen LogP contribution < -0.4 is 10.1 Å². The molecule has 0 aliphatic heterocycles. The zero-order chi connectivity index (χ0) is 14.7. The summed E-state index contributed by atoms with van der Waals surface area (Å²) < 4.78 is 7.37. The molecule has 0 radical (unpaired) electrons. The van der Waals surface area contributed by atoms with Crippen molar-refractivity contribution >= 4 is 5.65 Å². The van der Waals surface area contributed by atoms with Crippen molar-refractivity contribution in [2.75, 3.05) is 7.11 Å².